The number of nitrogens with two attached hydrogens (primary N) is 2. The number of primary amides is 2. The Morgan fingerprint density at radius 3 is 1.45 bits per heavy atom. The van der Waals surface area contributed by atoms with Gasteiger partial charge in [0.25, 0.3) is 0 Å². The SMILES string of the molecule is CCCCCCCCCCCC(=O)N[C@@H](CCC(=O)O)C(=O)O.NC(=O)CO.NC(=O)CO. The number of unbranched alkanes of at least 4 members (excludes halogenated alkanes) is 8. The van der Waals surface area contributed by atoms with Crippen molar-refractivity contribution in [3.8, 4) is 0 Å². The predicted octanol–water partition coefficient (Wildman–Crippen LogP) is 0.270. The molecule has 12 heteroatoms. The fourth-order valence-electron chi connectivity index (χ4n) is 2.39. The zero-order valence-corrected chi connectivity index (χ0v) is 19.5. The van der Waals surface area contributed by atoms with E-state index < -0.39 is 43.0 Å². The number of rotatable bonds is 17. The summed E-state index contributed by atoms with van der Waals surface area (Å²) in [7, 11) is 0. The number of carbonyl (C=O) groups excluding carboxylic acids is 3. The fraction of sp³-hybridized carbons (Fsp3) is 0.762. The lowest BCUT2D eigenvalue weighted by Crippen LogP contribution is -2.41. The van der Waals surface area contributed by atoms with Crippen molar-refractivity contribution in [2.75, 3.05) is 13.2 Å². The number of aliphatic carboxylic acids is 2. The van der Waals surface area contributed by atoms with Gasteiger partial charge in [0.1, 0.15) is 19.3 Å². The minimum atomic E-state index is -1.19. The normalized spacial score (nSPS) is 10.5. The van der Waals surface area contributed by atoms with Crippen LogP contribution in [0.5, 0.6) is 0 Å². The van der Waals surface area contributed by atoms with E-state index >= 15 is 0 Å². The molecule has 3 amide bonds. The molecule has 0 aliphatic heterocycles. The third-order valence-electron chi connectivity index (χ3n) is 4.10. The van der Waals surface area contributed by atoms with Gasteiger partial charge in [-0.05, 0) is 12.8 Å². The molecule has 0 aliphatic rings. The highest BCUT2D eigenvalue weighted by atomic mass is 16.4. The van der Waals surface area contributed by atoms with Crippen LogP contribution in [0.1, 0.15) is 84.0 Å². The Morgan fingerprint density at radius 2 is 1.12 bits per heavy atom. The molecule has 9 N–H and O–H groups in total. The lowest BCUT2D eigenvalue weighted by atomic mass is 10.1. The van der Waals surface area contributed by atoms with Gasteiger partial charge in [0.15, 0.2) is 0 Å². The average Bonchev–Trinajstić information content (AvgIpc) is 2.75. The predicted molar refractivity (Wildman–Crippen MR) is 121 cm³/mol. The van der Waals surface area contributed by atoms with Crippen molar-refractivity contribution in [1.29, 1.82) is 0 Å². The van der Waals surface area contributed by atoms with Gasteiger partial charge in [-0.2, -0.15) is 0 Å². The molecule has 12 nitrogen and oxygen atoms in total. The Hall–Kier alpha value is -2.73. The van der Waals surface area contributed by atoms with Gasteiger partial charge in [-0.3, -0.25) is 19.2 Å². The van der Waals surface area contributed by atoms with E-state index in [9.17, 15) is 24.0 Å². The first-order valence-electron chi connectivity index (χ1n) is 11.0. The summed E-state index contributed by atoms with van der Waals surface area (Å²) in [6.45, 7) is 1.08. The Morgan fingerprint density at radius 1 is 0.727 bits per heavy atom. The fourth-order valence-corrected chi connectivity index (χ4v) is 2.39. The van der Waals surface area contributed by atoms with Gasteiger partial charge < -0.3 is 37.2 Å². The summed E-state index contributed by atoms with van der Waals surface area (Å²) in [4.78, 5) is 51.8. The number of carbonyl (C=O) groups is 5. The standard InChI is InChI=1S/C17H31NO5.2C2H5NO2/c1-2-3-4-5-6-7-8-9-10-11-15(19)18-14(17(22)23)12-13-16(20)21;2*3-2(5)1-4/h14H,2-13H2,1H3,(H,18,19)(H,20,21)(H,22,23);2*4H,1H2,(H2,3,5)/t14-;;/m0../s1. The molecular formula is C21H41N3O9. The minimum Gasteiger partial charge on any atom is -0.481 e. The molecule has 0 heterocycles. The van der Waals surface area contributed by atoms with E-state index in [2.05, 4.69) is 23.7 Å². The van der Waals surface area contributed by atoms with Gasteiger partial charge in [0, 0.05) is 12.8 Å². The zero-order valence-electron chi connectivity index (χ0n) is 19.5. The third kappa shape index (κ3) is 34.1. The first kappa shape index (κ1) is 34.9. The molecule has 0 aromatic carbocycles. The first-order valence-corrected chi connectivity index (χ1v) is 11.0. The van der Waals surface area contributed by atoms with Crippen molar-refractivity contribution in [2.45, 2.75) is 90.0 Å². The smallest absolute Gasteiger partial charge is 0.326 e. The summed E-state index contributed by atoms with van der Waals surface area (Å²) >= 11 is 0. The van der Waals surface area contributed by atoms with Crippen LogP contribution in [0.4, 0.5) is 0 Å². The Balaban J connectivity index is -0.000000746. The quantitative estimate of drug-likeness (QED) is 0.142. The molecule has 0 fully saturated rings. The zero-order chi connectivity index (χ0) is 26.1. The van der Waals surface area contributed by atoms with E-state index in [0.717, 1.165) is 19.3 Å². The van der Waals surface area contributed by atoms with Crippen LogP contribution in [0.3, 0.4) is 0 Å². The third-order valence-corrected chi connectivity index (χ3v) is 4.10. The lowest BCUT2D eigenvalue weighted by molar-refractivity contribution is -0.143. The van der Waals surface area contributed by atoms with E-state index in [1.807, 2.05) is 0 Å². The molecule has 0 aliphatic carbocycles. The second-order valence-electron chi connectivity index (χ2n) is 7.22. The molecule has 194 valence electrons. The lowest BCUT2D eigenvalue weighted by Gasteiger charge is -2.13. The van der Waals surface area contributed by atoms with E-state index in [-0.39, 0.29) is 18.7 Å². The van der Waals surface area contributed by atoms with Crippen molar-refractivity contribution in [1.82, 2.24) is 5.32 Å². The summed E-state index contributed by atoms with van der Waals surface area (Å²) in [5.74, 6) is -3.95. The van der Waals surface area contributed by atoms with Crippen LogP contribution >= 0.6 is 0 Å². The molecule has 0 radical (unpaired) electrons. The van der Waals surface area contributed by atoms with Gasteiger partial charge >= 0.3 is 11.9 Å². The van der Waals surface area contributed by atoms with Gasteiger partial charge in [0.05, 0.1) is 0 Å². The number of aliphatic hydroxyl groups excluding tert-OH is 2. The topological polar surface area (TPSA) is 230 Å². The molecule has 0 aromatic rings. The number of hydrogen-bond donors (Lipinski definition) is 7. The Labute approximate surface area is 194 Å². The summed E-state index contributed by atoms with van der Waals surface area (Å²) in [6.07, 6.45) is 10.3. The van der Waals surface area contributed by atoms with Crippen LogP contribution in [0.15, 0.2) is 0 Å². The number of hydrogen-bond acceptors (Lipinski definition) is 7. The highest BCUT2D eigenvalue weighted by molar-refractivity contribution is 5.83. The highest BCUT2D eigenvalue weighted by Crippen LogP contribution is 2.10. The van der Waals surface area contributed by atoms with E-state index in [4.69, 9.17) is 20.4 Å². The maximum absolute atomic E-state index is 11.7. The Kier molecular flexibility index (Phi) is 27.0. The molecule has 0 spiro atoms. The molecule has 33 heavy (non-hydrogen) atoms. The number of nitrogens with one attached hydrogen (secondary N) is 1. The maximum Gasteiger partial charge on any atom is 0.326 e. The second kappa shape index (κ2) is 25.5. The van der Waals surface area contributed by atoms with Crippen LogP contribution in [0, 0.1) is 0 Å². The van der Waals surface area contributed by atoms with Crippen molar-refractivity contribution >= 4 is 29.7 Å². The van der Waals surface area contributed by atoms with Gasteiger partial charge in [-0.25, -0.2) is 4.79 Å². The maximum atomic E-state index is 11.7. The summed E-state index contributed by atoms with van der Waals surface area (Å²) < 4.78 is 0. The molecule has 0 rings (SSSR count). The van der Waals surface area contributed by atoms with Gasteiger partial charge in [0.2, 0.25) is 17.7 Å². The van der Waals surface area contributed by atoms with Crippen molar-refractivity contribution in [3.63, 3.8) is 0 Å². The summed E-state index contributed by atoms with van der Waals surface area (Å²) in [5.41, 5.74) is 8.81. The van der Waals surface area contributed by atoms with E-state index in [1.54, 1.807) is 0 Å². The Bertz CT molecular complexity index is 543. The molecular weight excluding hydrogens is 438 g/mol. The number of amides is 3. The minimum absolute atomic E-state index is 0.0891. The first-order chi connectivity index (χ1) is 15.5. The monoisotopic (exact) mass is 479 g/mol. The van der Waals surface area contributed by atoms with E-state index in [1.165, 1.54) is 38.5 Å². The summed E-state index contributed by atoms with van der Waals surface area (Å²) in [6, 6.07) is -1.11. The molecule has 0 unspecified atom stereocenters. The number of aliphatic hydroxyl groups is 2. The largest absolute Gasteiger partial charge is 0.481 e. The average molecular weight is 480 g/mol. The summed E-state index contributed by atoms with van der Waals surface area (Å²) in [5, 5.41) is 35.3. The van der Waals surface area contributed by atoms with Crippen LogP contribution in [-0.2, 0) is 24.0 Å². The molecule has 0 saturated carbocycles. The second-order valence-corrected chi connectivity index (χ2v) is 7.22. The molecule has 0 aromatic heterocycles. The van der Waals surface area contributed by atoms with Crippen molar-refractivity contribution in [2.24, 2.45) is 11.5 Å². The molecule has 0 saturated heterocycles. The van der Waals surface area contributed by atoms with Crippen LogP contribution in [-0.4, -0.2) is 69.3 Å². The van der Waals surface area contributed by atoms with E-state index in [0.29, 0.717) is 6.42 Å². The van der Waals surface area contributed by atoms with Gasteiger partial charge in [-0.1, -0.05) is 58.3 Å². The van der Waals surface area contributed by atoms with Crippen LogP contribution in [0.25, 0.3) is 0 Å². The number of carboxylic acids is 2. The molecule has 1 atom stereocenters. The number of carboxylic acid groups (broad SMARTS) is 2. The molecule has 0 bridgehead atoms. The van der Waals surface area contributed by atoms with Crippen LogP contribution < -0.4 is 16.8 Å². The van der Waals surface area contributed by atoms with Gasteiger partial charge in [-0.15, -0.1) is 0 Å². The van der Waals surface area contributed by atoms with Crippen molar-refractivity contribution < 1.29 is 44.4 Å². The van der Waals surface area contributed by atoms with Crippen LogP contribution in [0.2, 0.25) is 0 Å². The highest BCUT2D eigenvalue weighted by Gasteiger charge is 2.20. The van der Waals surface area contributed by atoms with Crippen molar-refractivity contribution in [3.05, 3.63) is 0 Å².